The molecule has 0 atom stereocenters. The zero-order valence-electron chi connectivity index (χ0n) is 17.7. The molecule has 0 radical (unpaired) electrons. The molecule has 0 spiro atoms. The van der Waals surface area contributed by atoms with Crippen LogP contribution in [-0.4, -0.2) is 0 Å². The Bertz CT molecular complexity index is 784. The fourth-order valence-electron chi connectivity index (χ4n) is 3.16. The van der Waals surface area contributed by atoms with Crippen molar-refractivity contribution in [3.8, 4) is 0 Å². The van der Waals surface area contributed by atoms with Crippen LogP contribution in [0.25, 0.3) is 0 Å². The molecule has 27 heavy (non-hydrogen) atoms. The van der Waals surface area contributed by atoms with E-state index < -0.39 is 0 Å². The maximum absolute atomic E-state index is 2.35. The van der Waals surface area contributed by atoms with E-state index in [-0.39, 0.29) is 0 Å². The molecule has 1 heteroatoms. The summed E-state index contributed by atoms with van der Waals surface area (Å²) in [6, 6.07) is 24.4. The van der Waals surface area contributed by atoms with Gasteiger partial charge in [0.2, 0.25) is 0 Å². The zero-order valence-corrected chi connectivity index (χ0v) is 17.7. The maximum Gasteiger partial charge on any atom is 0.0464 e. The summed E-state index contributed by atoms with van der Waals surface area (Å²) in [5.74, 6) is 0. The van der Waals surface area contributed by atoms with Crippen molar-refractivity contribution >= 4 is 17.1 Å². The third kappa shape index (κ3) is 4.80. The molecule has 1 aliphatic rings. The molecule has 0 N–H and O–H groups in total. The van der Waals surface area contributed by atoms with Crippen molar-refractivity contribution in [1.29, 1.82) is 0 Å². The van der Waals surface area contributed by atoms with E-state index in [4.69, 9.17) is 0 Å². The minimum atomic E-state index is 1.21. The summed E-state index contributed by atoms with van der Waals surface area (Å²) in [5, 5.41) is 0. The minimum Gasteiger partial charge on any atom is -0.310 e. The van der Waals surface area contributed by atoms with E-state index in [1.165, 1.54) is 52.2 Å². The van der Waals surface area contributed by atoms with Crippen molar-refractivity contribution in [1.82, 2.24) is 0 Å². The Morgan fingerprint density at radius 3 is 1.30 bits per heavy atom. The third-order valence-corrected chi connectivity index (χ3v) is 4.70. The predicted octanol–water partition coefficient (Wildman–Crippen LogP) is 7.92. The monoisotopic (exact) mass is 359 g/mol. The van der Waals surface area contributed by atoms with E-state index in [1.54, 1.807) is 0 Å². The van der Waals surface area contributed by atoms with Gasteiger partial charge >= 0.3 is 0 Å². The quantitative estimate of drug-likeness (QED) is 0.459. The van der Waals surface area contributed by atoms with Crippen LogP contribution >= 0.6 is 0 Å². The average Bonchev–Trinajstić information content (AvgIpc) is 2.70. The first-order valence-corrected chi connectivity index (χ1v) is 10.3. The number of aryl methyl sites for hydroxylation is 4. The molecule has 0 fully saturated rings. The van der Waals surface area contributed by atoms with E-state index >= 15 is 0 Å². The van der Waals surface area contributed by atoms with E-state index in [1.807, 2.05) is 27.7 Å². The Morgan fingerprint density at radius 1 is 0.519 bits per heavy atom. The normalized spacial score (nSPS) is 11.0. The number of nitrogens with zero attached hydrogens (tertiary/aromatic N) is 1. The van der Waals surface area contributed by atoms with Gasteiger partial charge in [-0.2, -0.15) is 0 Å². The number of hydrogen-bond acceptors (Lipinski definition) is 1. The fraction of sp³-hybridized carbons (Fsp3) is 0.308. The van der Waals surface area contributed by atoms with Crippen LogP contribution in [0, 0.1) is 13.8 Å². The van der Waals surface area contributed by atoms with Crippen molar-refractivity contribution in [3.63, 3.8) is 0 Å². The van der Waals surface area contributed by atoms with E-state index in [0.29, 0.717) is 0 Å². The lowest BCUT2D eigenvalue weighted by Gasteiger charge is -2.28. The first-order valence-electron chi connectivity index (χ1n) is 10.3. The van der Waals surface area contributed by atoms with E-state index in [2.05, 4.69) is 85.5 Å². The summed E-state index contributed by atoms with van der Waals surface area (Å²) in [6.07, 6.45) is 2.43. The van der Waals surface area contributed by atoms with Crippen molar-refractivity contribution < 1.29 is 0 Å². The van der Waals surface area contributed by atoms with Gasteiger partial charge in [-0.05, 0) is 74.2 Å². The van der Waals surface area contributed by atoms with Crippen LogP contribution < -0.4 is 4.90 Å². The Balaban J connectivity index is 0.000000614. The highest BCUT2D eigenvalue weighted by molar-refractivity contribution is 5.77. The molecule has 0 aromatic heterocycles. The smallest absolute Gasteiger partial charge is 0.0464 e. The van der Waals surface area contributed by atoms with Crippen LogP contribution in [0.5, 0.6) is 0 Å². The highest BCUT2D eigenvalue weighted by atomic mass is 15.1. The largest absolute Gasteiger partial charge is 0.310 e. The lowest BCUT2D eigenvalue weighted by molar-refractivity contribution is 0.839. The Morgan fingerprint density at radius 2 is 0.926 bits per heavy atom. The molecule has 0 heterocycles. The van der Waals surface area contributed by atoms with Gasteiger partial charge in [0.25, 0.3) is 0 Å². The number of benzene rings is 3. The number of fused-ring (bicyclic) bond motifs is 1. The lowest BCUT2D eigenvalue weighted by atomic mass is 9.88. The topological polar surface area (TPSA) is 3.24 Å². The summed E-state index contributed by atoms with van der Waals surface area (Å²) in [7, 11) is 0. The summed E-state index contributed by atoms with van der Waals surface area (Å²) >= 11 is 0. The third-order valence-electron chi connectivity index (χ3n) is 4.70. The zero-order chi connectivity index (χ0) is 19.8. The molecule has 4 rings (SSSR count). The van der Waals surface area contributed by atoms with Crippen molar-refractivity contribution in [2.45, 2.75) is 54.4 Å². The number of hydrogen-bond donors (Lipinski definition) is 0. The maximum atomic E-state index is 2.35. The molecule has 3 aromatic carbocycles. The molecule has 0 aliphatic heterocycles. The van der Waals surface area contributed by atoms with Gasteiger partial charge in [-0.1, -0.05) is 69.2 Å². The molecule has 0 amide bonds. The van der Waals surface area contributed by atoms with Crippen LogP contribution in [0.1, 0.15) is 49.9 Å². The Hall–Kier alpha value is -2.54. The van der Waals surface area contributed by atoms with Crippen molar-refractivity contribution in [3.05, 3.63) is 89.0 Å². The van der Waals surface area contributed by atoms with E-state index in [0.717, 1.165) is 0 Å². The fourth-order valence-corrected chi connectivity index (χ4v) is 3.16. The second-order valence-corrected chi connectivity index (χ2v) is 6.46. The van der Waals surface area contributed by atoms with Crippen LogP contribution in [0.3, 0.4) is 0 Å². The SMILES string of the molecule is CC.CC.Cc1ccc(N(c2ccc(C)cc2)c2ccc3c(c2)CC3)cc1. The molecule has 1 nitrogen and oxygen atoms in total. The van der Waals surface area contributed by atoms with Gasteiger partial charge in [0.1, 0.15) is 0 Å². The number of rotatable bonds is 3. The van der Waals surface area contributed by atoms with Gasteiger partial charge in [-0.3, -0.25) is 0 Å². The molecule has 0 unspecified atom stereocenters. The second kappa shape index (κ2) is 9.97. The van der Waals surface area contributed by atoms with Gasteiger partial charge in [-0.15, -0.1) is 0 Å². The second-order valence-electron chi connectivity index (χ2n) is 6.46. The molecule has 1 aliphatic carbocycles. The van der Waals surface area contributed by atoms with Crippen molar-refractivity contribution in [2.24, 2.45) is 0 Å². The van der Waals surface area contributed by atoms with Crippen molar-refractivity contribution in [2.75, 3.05) is 4.90 Å². The van der Waals surface area contributed by atoms with Crippen LogP contribution in [-0.2, 0) is 12.8 Å². The lowest BCUT2D eigenvalue weighted by Crippen LogP contribution is -2.13. The molecule has 142 valence electrons. The average molecular weight is 360 g/mol. The highest BCUT2D eigenvalue weighted by Crippen LogP contribution is 2.37. The van der Waals surface area contributed by atoms with E-state index in [9.17, 15) is 0 Å². The first kappa shape index (κ1) is 20.8. The van der Waals surface area contributed by atoms with Crippen LogP contribution in [0.4, 0.5) is 17.1 Å². The highest BCUT2D eigenvalue weighted by Gasteiger charge is 2.17. The molecule has 3 aromatic rings. The summed E-state index contributed by atoms with van der Waals surface area (Å²) in [5.41, 5.74) is 9.23. The Kier molecular flexibility index (Phi) is 7.67. The van der Waals surface area contributed by atoms with Crippen LogP contribution in [0.15, 0.2) is 66.7 Å². The molecule has 0 saturated carbocycles. The van der Waals surface area contributed by atoms with Gasteiger partial charge in [0.15, 0.2) is 0 Å². The molecule has 0 saturated heterocycles. The van der Waals surface area contributed by atoms with Gasteiger partial charge in [-0.25, -0.2) is 0 Å². The Labute approximate surface area is 165 Å². The summed E-state index contributed by atoms with van der Waals surface area (Å²) < 4.78 is 0. The molecular formula is C26H33N. The standard InChI is InChI=1S/C22H21N.2C2H6/c1-16-3-10-20(11-4-16)23(21-12-5-17(2)6-13-21)22-14-9-18-7-8-19(18)15-22;2*1-2/h3-6,9-15H,7-8H2,1-2H3;2*1-2H3. The van der Waals surface area contributed by atoms with Crippen LogP contribution in [0.2, 0.25) is 0 Å². The number of anilines is 3. The van der Waals surface area contributed by atoms with Gasteiger partial charge in [0.05, 0.1) is 0 Å². The molecule has 0 bridgehead atoms. The van der Waals surface area contributed by atoms with Gasteiger partial charge in [0, 0.05) is 17.1 Å². The first-order chi connectivity index (χ1) is 13.2. The molecular weight excluding hydrogens is 326 g/mol. The van der Waals surface area contributed by atoms with Gasteiger partial charge < -0.3 is 4.90 Å². The summed E-state index contributed by atoms with van der Waals surface area (Å²) in [6.45, 7) is 12.3. The predicted molar refractivity (Wildman–Crippen MR) is 121 cm³/mol. The summed E-state index contributed by atoms with van der Waals surface area (Å²) in [4.78, 5) is 2.34. The minimum absolute atomic E-state index is 1.21.